The van der Waals surface area contributed by atoms with Crippen molar-refractivity contribution < 1.29 is 0 Å². The van der Waals surface area contributed by atoms with Gasteiger partial charge < -0.3 is 9.88 Å². The zero-order valence-corrected chi connectivity index (χ0v) is 13.1. The Morgan fingerprint density at radius 2 is 1.70 bits per heavy atom. The molecule has 1 N–H and O–H groups in total. The highest BCUT2D eigenvalue weighted by molar-refractivity contribution is 5.33. The van der Waals surface area contributed by atoms with Gasteiger partial charge in [0.1, 0.15) is 0 Å². The average Bonchev–Trinajstić information content (AvgIpc) is 3.24. The van der Waals surface area contributed by atoms with E-state index in [0.29, 0.717) is 12.1 Å². The SMILES string of the molecule is c1ccc([C@H](Cn2ccnc2)NC2Cc3ccccc3C2)cc1. The fraction of sp³-hybridized carbons (Fsp3) is 0.250. The molecule has 1 aliphatic carbocycles. The Morgan fingerprint density at radius 3 is 2.35 bits per heavy atom. The number of imidazole rings is 1. The molecule has 0 radical (unpaired) electrons. The maximum Gasteiger partial charge on any atom is 0.0946 e. The fourth-order valence-corrected chi connectivity index (χ4v) is 3.51. The summed E-state index contributed by atoms with van der Waals surface area (Å²) in [5, 5.41) is 3.87. The van der Waals surface area contributed by atoms with Crippen LogP contribution in [0.4, 0.5) is 0 Å². The predicted molar refractivity (Wildman–Crippen MR) is 92.2 cm³/mol. The third kappa shape index (κ3) is 3.20. The molecule has 1 heterocycles. The first-order valence-corrected chi connectivity index (χ1v) is 8.22. The summed E-state index contributed by atoms with van der Waals surface area (Å²) in [7, 11) is 0. The number of aromatic nitrogens is 2. The van der Waals surface area contributed by atoms with Crippen LogP contribution in [0.25, 0.3) is 0 Å². The number of hydrogen-bond acceptors (Lipinski definition) is 2. The van der Waals surface area contributed by atoms with Crippen LogP contribution in [0.2, 0.25) is 0 Å². The number of nitrogens with zero attached hydrogens (tertiary/aromatic N) is 2. The van der Waals surface area contributed by atoms with Crippen LogP contribution in [0.1, 0.15) is 22.7 Å². The smallest absolute Gasteiger partial charge is 0.0946 e. The van der Waals surface area contributed by atoms with Crippen LogP contribution in [-0.4, -0.2) is 15.6 Å². The monoisotopic (exact) mass is 303 g/mol. The predicted octanol–water partition coefficient (Wildman–Crippen LogP) is 3.38. The van der Waals surface area contributed by atoms with Crippen LogP contribution in [0.3, 0.4) is 0 Å². The van der Waals surface area contributed by atoms with E-state index < -0.39 is 0 Å². The second-order valence-corrected chi connectivity index (χ2v) is 6.26. The number of rotatable bonds is 5. The average molecular weight is 303 g/mol. The molecule has 0 bridgehead atoms. The molecule has 116 valence electrons. The van der Waals surface area contributed by atoms with Crippen molar-refractivity contribution >= 4 is 0 Å². The zero-order chi connectivity index (χ0) is 15.5. The van der Waals surface area contributed by atoms with E-state index in [-0.39, 0.29) is 0 Å². The van der Waals surface area contributed by atoms with Crippen molar-refractivity contribution in [3.05, 3.63) is 90.0 Å². The molecule has 1 atom stereocenters. The van der Waals surface area contributed by atoms with E-state index in [2.05, 4.69) is 69.5 Å². The third-order valence-electron chi connectivity index (χ3n) is 4.64. The highest BCUT2D eigenvalue weighted by Gasteiger charge is 2.24. The minimum absolute atomic E-state index is 0.296. The Morgan fingerprint density at radius 1 is 1.00 bits per heavy atom. The number of hydrogen-bond donors (Lipinski definition) is 1. The Kier molecular flexibility index (Phi) is 3.95. The third-order valence-corrected chi connectivity index (χ3v) is 4.64. The molecule has 0 fully saturated rings. The minimum atomic E-state index is 0.296. The van der Waals surface area contributed by atoms with E-state index in [1.54, 1.807) is 0 Å². The summed E-state index contributed by atoms with van der Waals surface area (Å²) in [4.78, 5) is 4.17. The maximum atomic E-state index is 4.17. The summed E-state index contributed by atoms with van der Waals surface area (Å²) >= 11 is 0. The van der Waals surface area contributed by atoms with Crippen LogP contribution < -0.4 is 5.32 Å². The van der Waals surface area contributed by atoms with Gasteiger partial charge in [-0.05, 0) is 29.5 Å². The van der Waals surface area contributed by atoms with Crippen molar-refractivity contribution in [2.24, 2.45) is 0 Å². The van der Waals surface area contributed by atoms with Gasteiger partial charge in [-0.3, -0.25) is 0 Å². The van der Waals surface area contributed by atoms with Gasteiger partial charge in [-0.1, -0.05) is 54.6 Å². The minimum Gasteiger partial charge on any atom is -0.336 e. The van der Waals surface area contributed by atoms with Crippen molar-refractivity contribution in [1.82, 2.24) is 14.9 Å². The van der Waals surface area contributed by atoms with Gasteiger partial charge >= 0.3 is 0 Å². The summed E-state index contributed by atoms with van der Waals surface area (Å²) in [6.07, 6.45) is 7.99. The first-order chi connectivity index (χ1) is 11.4. The van der Waals surface area contributed by atoms with Gasteiger partial charge in [0.25, 0.3) is 0 Å². The summed E-state index contributed by atoms with van der Waals surface area (Å²) in [6, 6.07) is 20.3. The van der Waals surface area contributed by atoms with Gasteiger partial charge in [0, 0.05) is 25.0 Å². The van der Waals surface area contributed by atoms with Crippen LogP contribution in [0.5, 0.6) is 0 Å². The van der Waals surface area contributed by atoms with Gasteiger partial charge in [0.15, 0.2) is 0 Å². The van der Waals surface area contributed by atoms with Gasteiger partial charge in [-0.15, -0.1) is 0 Å². The van der Waals surface area contributed by atoms with Gasteiger partial charge in [0.2, 0.25) is 0 Å². The first kappa shape index (κ1) is 14.2. The summed E-state index contributed by atoms with van der Waals surface area (Å²) in [5.74, 6) is 0. The highest BCUT2D eigenvalue weighted by Crippen LogP contribution is 2.25. The van der Waals surface area contributed by atoms with E-state index >= 15 is 0 Å². The van der Waals surface area contributed by atoms with Crippen LogP contribution >= 0.6 is 0 Å². The van der Waals surface area contributed by atoms with Crippen molar-refractivity contribution in [3.8, 4) is 0 Å². The van der Waals surface area contributed by atoms with E-state index in [1.165, 1.54) is 16.7 Å². The Balaban J connectivity index is 1.52. The van der Waals surface area contributed by atoms with Gasteiger partial charge in [-0.25, -0.2) is 4.98 Å². The molecule has 0 aliphatic heterocycles. The summed E-state index contributed by atoms with van der Waals surface area (Å²) in [5.41, 5.74) is 4.30. The molecule has 4 rings (SSSR count). The molecule has 23 heavy (non-hydrogen) atoms. The van der Waals surface area contributed by atoms with E-state index in [0.717, 1.165) is 19.4 Å². The fourth-order valence-electron chi connectivity index (χ4n) is 3.51. The highest BCUT2D eigenvalue weighted by atomic mass is 15.1. The number of benzene rings is 2. The van der Waals surface area contributed by atoms with E-state index in [9.17, 15) is 0 Å². The Bertz CT molecular complexity index is 725. The van der Waals surface area contributed by atoms with E-state index in [1.807, 2.05) is 18.7 Å². The second kappa shape index (κ2) is 6.39. The quantitative estimate of drug-likeness (QED) is 0.783. The van der Waals surface area contributed by atoms with Gasteiger partial charge in [0.05, 0.1) is 12.4 Å². The number of fused-ring (bicyclic) bond motifs is 1. The molecule has 2 aromatic carbocycles. The zero-order valence-electron chi connectivity index (χ0n) is 13.1. The van der Waals surface area contributed by atoms with Crippen LogP contribution in [-0.2, 0) is 19.4 Å². The second-order valence-electron chi connectivity index (χ2n) is 6.26. The molecular formula is C20H21N3. The molecular weight excluding hydrogens is 282 g/mol. The van der Waals surface area contributed by atoms with Crippen LogP contribution in [0.15, 0.2) is 73.3 Å². The molecule has 0 saturated heterocycles. The van der Waals surface area contributed by atoms with Crippen molar-refractivity contribution in [1.29, 1.82) is 0 Å². The largest absolute Gasteiger partial charge is 0.336 e. The molecule has 3 heteroatoms. The topological polar surface area (TPSA) is 29.9 Å². The first-order valence-electron chi connectivity index (χ1n) is 8.22. The lowest BCUT2D eigenvalue weighted by Gasteiger charge is -2.24. The van der Waals surface area contributed by atoms with Gasteiger partial charge in [-0.2, -0.15) is 0 Å². The number of nitrogens with one attached hydrogen (secondary N) is 1. The Labute approximate surface area is 137 Å². The van der Waals surface area contributed by atoms with Crippen molar-refractivity contribution in [3.63, 3.8) is 0 Å². The molecule has 1 aromatic heterocycles. The molecule has 0 saturated carbocycles. The lowest BCUT2D eigenvalue weighted by Crippen LogP contribution is -2.35. The lowest BCUT2D eigenvalue weighted by atomic mass is 10.0. The van der Waals surface area contributed by atoms with Crippen molar-refractivity contribution in [2.75, 3.05) is 0 Å². The molecule has 0 unspecified atom stereocenters. The normalized spacial score (nSPS) is 15.5. The molecule has 1 aliphatic rings. The molecule has 0 spiro atoms. The van der Waals surface area contributed by atoms with Crippen LogP contribution in [0, 0.1) is 0 Å². The molecule has 0 amide bonds. The van der Waals surface area contributed by atoms with E-state index in [4.69, 9.17) is 0 Å². The maximum absolute atomic E-state index is 4.17. The lowest BCUT2D eigenvalue weighted by molar-refractivity contribution is 0.402. The molecule has 3 nitrogen and oxygen atoms in total. The summed E-state index contributed by atoms with van der Waals surface area (Å²) < 4.78 is 2.15. The standard InChI is InChI=1S/C20H21N3/c1-2-6-16(7-3-1)20(14-23-11-10-21-15-23)22-19-12-17-8-4-5-9-18(17)13-19/h1-11,15,19-20,22H,12-14H2/t20-/m0/s1. The Hall–Kier alpha value is -2.39. The van der Waals surface area contributed by atoms with Crippen molar-refractivity contribution in [2.45, 2.75) is 31.5 Å². The molecule has 3 aromatic rings. The summed E-state index contributed by atoms with van der Waals surface area (Å²) in [6.45, 7) is 0.900.